The molecule has 0 aliphatic carbocycles. The fraction of sp³-hybridized carbons (Fsp3) is 0.818. The minimum atomic E-state index is -0.182. The average molecular weight is 335 g/mol. The van der Waals surface area contributed by atoms with Crippen LogP contribution in [-0.2, 0) is 9.47 Å². The van der Waals surface area contributed by atoms with E-state index in [9.17, 15) is 0 Å². The molecule has 1 fully saturated rings. The van der Waals surface area contributed by atoms with Gasteiger partial charge in [-0.15, -0.1) is 11.8 Å². The van der Waals surface area contributed by atoms with Crippen LogP contribution >= 0.6 is 0 Å². The van der Waals surface area contributed by atoms with Crippen molar-refractivity contribution < 1.29 is 9.47 Å². The van der Waals surface area contributed by atoms with Gasteiger partial charge in [0.25, 0.3) is 0 Å². The van der Waals surface area contributed by atoms with Gasteiger partial charge in [-0.1, -0.05) is 53.5 Å². The summed E-state index contributed by atoms with van der Waals surface area (Å²) in [5.74, 6) is 7.63. The molecule has 138 valence electrons. The third kappa shape index (κ3) is 8.90. The Morgan fingerprint density at radius 3 is 2.04 bits per heavy atom. The van der Waals surface area contributed by atoms with Crippen molar-refractivity contribution >= 4 is 0 Å². The lowest BCUT2D eigenvalue weighted by atomic mass is 9.94. The molecular formula is C22H38O2. The van der Waals surface area contributed by atoms with Crippen molar-refractivity contribution in [1.29, 1.82) is 0 Å². The van der Waals surface area contributed by atoms with Gasteiger partial charge in [0.1, 0.15) is 0 Å². The summed E-state index contributed by atoms with van der Waals surface area (Å²) < 4.78 is 12.1. The molecule has 2 atom stereocenters. The predicted molar refractivity (Wildman–Crippen MR) is 103 cm³/mol. The molecule has 0 radical (unpaired) electrons. The summed E-state index contributed by atoms with van der Waals surface area (Å²) in [7, 11) is 0. The van der Waals surface area contributed by atoms with Crippen LogP contribution in [0.5, 0.6) is 0 Å². The van der Waals surface area contributed by atoms with Crippen LogP contribution < -0.4 is 0 Å². The summed E-state index contributed by atoms with van der Waals surface area (Å²) >= 11 is 0. The Balaban J connectivity index is 2.27. The van der Waals surface area contributed by atoms with Crippen molar-refractivity contribution in [3.63, 3.8) is 0 Å². The molecule has 0 N–H and O–H groups in total. The van der Waals surface area contributed by atoms with E-state index in [1.165, 1.54) is 19.3 Å². The van der Waals surface area contributed by atoms with Gasteiger partial charge in [0.2, 0.25) is 0 Å². The van der Waals surface area contributed by atoms with Crippen LogP contribution in [0.25, 0.3) is 0 Å². The van der Waals surface area contributed by atoms with Crippen LogP contribution in [0.2, 0.25) is 0 Å². The summed E-state index contributed by atoms with van der Waals surface area (Å²) in [5, 5.41) is 0. The van der Waals surface area contributed by atoms with Gasteiger partial charge < -0.3 is 9.47 Å². The van der Waals surface area contributed by atoms with Gasteiger partial charge in [0.05, 0.1) is 12.2 Å². The Morgan fingerprint density at radius 1 is 0.917 bits per heavy atom. The standard InChI is InChI=1S/C22H38O2/c1-6-7-8-9-10-11-12-13-14-15-16-22-23-20(18(2)3)17-21(24-22)19(4)5/h15-16,18-22H,6-9,12-14,17H2,1-5H3/b16-15+/t20-,21-/m1/s1. The molecule has 1 aliphatic heterocycles. The number of ether oxygens (including phenoxy) is 2. The number of hydrogen-bond donors (Lipinski definition) is 0. The number of unbranched alkanes of at least 4 members (excludes halogenated alkanes) is 5. The van der Waals surface area contributed by atoms with E-state index in [-0.39, 0.29) is 6.29 Å². The molecule has 1 rings (SSSR count). The molecule has 0 unspecified atom stereocenters. The monoisotopic (exact) mass is 334 g/mol. The van der Waals surface area contributed by atoms with E-state index >= 15 is 0 Å². The SMILES string of the molecule is CCCCCC#CCCC/C=C/C1O[C@@H](C(C)C)C[C@H](C(C)C)O1. The molecule has 0 amide bonds. The largest absolute Gasteiger partial charge is 0.345 e. The summed E-state index contributed by atoms with van der Waals surface area (Å²) in [6.45, 7) is 11.1. The van der Waals surface area contributed by atoms with Gasteiger partial charge in [0, 0.05) is 19.3 Å². The maximum atomic E-state index is 6.07. The molecule has 2 heteroatoms. The van der Waals surface area contributed by atoms with Gasteiger partial charge in [0.15, 0.2) is 6.29 Å². The Kier molecular flexibility index (Phi) is 11.1. The van der Waals surface area contributed by atoms with Gasteiger partial charge in [-0.05, 0) is 37.2 Å². The topological polar surface area (TPSA) is 18.5 Å². The molecule has 24 heavy (non-hydrogen) atoms. The first-order valence-corrected chi connectivity index (χ1v) is 9.97. The Bertz CT molecular complexity index is 384. The van der Waals surface area contributed by atoms with Crippen LogP contribution in [0.15, 0.2) is 12.2 Å². The van der Waals surface area contributed by atoms with Crippen molar-refractivity contribution in [1.82, 2.24) is 0 Å². The molecule has 0 aromatic heterocycles. The first-order chi connectivity index (χ1) is 11.5. The van der Waals surface area contributed by atoms with Gasteiger partial charge in [-0.25, -0.2) is 0 Å². The van der Waals surface area contributed by atoms with E-state index in [1.807, 2.05) is 0 Å². The second kappa shape index (κ2) is 12.6. The van der Waals surface area contributed by atoms with Gasteiger partial charge >= 0.3 is 0 Å². The molecule has 0 bridgehead atoms. The highest BCUT2D eigenvalue weighted by Gasteiger charge is 2.31. The van der Waals surface area contributed by atoms with Crippen LogP contribution in [0.3, 0.4) is 0 Å². The molecule has 0 aromatic carbocycles. The van der Waals surface area contributed by atoms with Crippen molar-refractivity contribution in [2.24, 2.45) is 11.8 Å². The zero-order valence-electron chi connectivity index (χ0n) is 16.5. The number of allylic oxidation sites excluding steroid dienone is 1. The zero-order valence-corrected chi connectivity index (χ0v) is 16.5. The summed E-state index contributed by atoms with van der Waals surface area (Å²) in [6.07, 6.45) is 13.7. The second-order valence-corrected chi connectivity index (χ2v) is 7.57. The second-order valence-electron chi connectivity index (χ2n) is 7.57. The van der Waals surface area contributed by atoms with E-state index in [2.05, 4.69) is 58.6 Å². The van der Waals surface area contributed by atoms with Crippen molar-refractivity contribution in [3.8, 4) is 11.8 Å². The Labute approximate surface area is 150 Å². The summed E-state index contributed by atoms with van der Waals surface area (Å²) in [5.41, 5.74) is 0. The lowest BCUT2D eigenvalue weighted by molar-refractivity contribution is -0.237. The van der Waals surface area contributed by atoms with E-state index in [0.717, 1.165) is 32.1 Å². The highest BCUT2D eigenvalue weighted by Crippen LogP contribution is 2.28. The highest BCUT2D eigenvalue weighted by molar-refractivity contribution is 4.99. The average Bonchev–Trinajstić information content (AvgIpc) is 2.56. The number of hydrogen-bond acceptors (Lipinski definition) is 2. The predicted octanol–water partition coefficient (Wildman–Crippen LogP) is 6.11. The minimum absolute atomic E-state index is 0.182. The zero-order chi connectivity index (χ0) is 17.8. The summed E-state index contributed by atoms with van der Waals surface area (Å²) in [4.78, 5) is 0. The van der Waals surface area contributed by atoms with Crippen LogP contribution in [0.1, 0.15) is 86.0 Å². The highest BCUT2D eigenvalue weighted by atomic mass is 16.7. The third-order valence-corrected chi connectivity index (χ3v) is 4.57. The smallest absolute Gasteiger partial charge is 0.177 e. The minimum Gasteiger partial charge on any atom is -0.345 e. The van der Waals surface area contributed by atoms with Crippen molar-refractivity contribution in [2.45, 2.75) is 104 Å². The molecule has 0 spiro atoms. The quantitative estimate of drug-likeness (QED) is 0.288. The lowest BCUT2D eigenvalue weighted by Crippen LogP contribution is -2.41. The van der Waals surface area contributed by atoms with Crippen LogP contribution in [0.4, 0.5) is 0 Å². The molecule has 1 aliphatic rings. The fourth-order valence-electron chi connectivity index (χ4n) is 2.82. The molecule has 0 saturated carbocycles. The van der Waals surface area contributed by atoms with Gasteiger partial charge in [-0.3, -0.25) is 0 Å². The normalized spacial score (nSPS) is 24.5. The summed E-state index contributed by atoms with van der Waals surface area (Å²) in [6, 6.07) is 0. The first-order valence-electron chi connectivity index (χ1n) is 9.97. The van der Waals surface area contributed by atoms with E-state index in [1.54, 1.807) is 0 Å². The van der Waals surface area contributed by atoms with Crippen molar-refractivity contribution in [3.05, 3.63) is 12.2 Å². The molecule has 2 nitrogen and oxygen atoms in total. The Morgan fingerprint density at radius 2 is 1.50 bits per heavy atom. The van der Waals surface area contributed by atoms with E-state index in [0.29, 0.717) is 24.0 Å². The molecule has 1 saturated heterocycles. The number of rotatable bonds is 9. The molecule has 1 heterocycles. The maximum absolute atomic E-state index is 6.07. The molecule has 0 aromatic rings. The fourth-order valence-corrected chi connectivity index (χ4v) is 2.82. The first kappa shape index (κ1) is 21.3. The van der Waals surface area contributed by atoms with Gasteiger partial charge in [-0.2, -0.15) is 0 Å². The van der Waals surface area contributed by atoms with E-state index < -0.39 is 0 Å². The molecular weight excluding hydrogens is 296 g/mol. The van der Waals surface area contributed by atoms with Crippen molar-refractivity contribution in [2.75, 3.05) is 0 Å². The van der Waals surface area contributed by atoms with E-state index in [4.69, 9.17) is 9.47 Å². The van der Waals surface area contributed by atoms with Crippen LogP contribution in [0, 0.1) is 23.7 Å². The van der Waals surface area contributed by atoms with Crippen LogP contribution in [-0.4, -0.2) is 18.5 Å². The lowest BCUT2D eigenvalue weighted by Gasteiger charge is -2.38. The Hall–Kier alpha value is -0.780. The maximum Gasteiger partial charge on any atom is 0.177 e. The third-order valence-electron chi connectivity index (χ3n) is 4.57.